The van der Waals surface area contributed by atoms with Crippen LogP contribution < -0.4 is 0 Å². The third-order valence-corrected chi connectivity index (χ3v) is 3.40. The zero-order chi connectivity index (χ0) is 9.53. The minimum absolute atomic E-state index is 0.157. The molecule has 3 heteroatoms. The van der Waals surface area contributed by atoms with Crippen molar-refractivity contribution in [2.45, 2.75) is 44.5 Å². The molecule has 2 rings (SSSR count). The molecule has 0 aromatic carbocycles. The van der Waals surface area contributed by atoms with Gasteiger partial charge in [0.25, 0.3) is 0 Å². The summed E-state index contributed by atoms with van der Waals surface area (Å²) in [7, 11) is 0. The molecule has 3 nitrogen and oxygen atoms in total. The highest BCUT2D eigenvalue weighted by Crippen LogP contribution is 2.47. The molecule has 2 aliphatic rings. The van der Waals surface area contributed by atoms with Crippen LogP contribution in [0, 0.1) is 5.92 Å². The molecule has 2 fully saturated rings. The van der Waals surface area contributed by atoms with Crippen LogP contribution >= 0.6 is 0 Å². The van der Waals surface area contributed by atoms with Crippen molar-refractivity contribution in [1.82, 2.24) is 0 Å². The molecule has 0 amide bonds. The van der Waals surface area contributed by atoms with Crippen LogP contribution in [0.25, 0.3) is 0 Å². The van der Waals surface area contributed by atoms with Gasteiger partial charge in [-0.15, -0.1) is 0 Å². The lowest BCUT2D eigenvalue weighted by atomic mass is 9.81. The molecule has 3 atom stereocenters. The fourth-order valence-electron chi connectivity index (χ4n) is 2.52. The molecule has 2 bridgehead atoms. The van der Waals surface area contributed by atoms with Gasteiger partial charge in [0.05, 0.1) is 12.2 Å². The Bertz CT molecular complexity index is 206. The van der Waals surface area contributed by atoms with E-state index >= 15 is 0 Å². The number of fused-ring (bicyclic) bond motifs is 2. The van der Waals surface area contributed by atoms with Crippen LogP contribution in [0.2, 0.25) is 0 Å². The molecule has 76 valence electrons. The minimum atomic E-state index is -0.347. The topological polar surface area (TPSA) is 38.7 Å². The van der Waals surface area contributed by atoms with Crippen molar-refractivity contribution in [2.75, 3.05) is 13.2 Å². The van der Waals surface area contributed by atoms with Crippen molar-refractivity contribution < 1.29 is 14.6 Å². The van der Waals surface area contributed by atoms with Crippen LogP contribution in [0.15, 0.2) is 0 Å². The molecule has 2 saturated heterocycles. The van der Waals surface area contributed by atoms with Gasteiger partial charge in [0, 0.05) is 13.0 Å². The molecular weight excluding hydrogens is 168 g/mol. The van der Waals surface area contributed by atoms with Crippen molar-refractivity contribution in [1.29, 1.82) is 0 Å². The number of ether oxygens (including phenoxy) is 2. The zero-order valence-electron chi connectivity index (χ0n) is 8.38. The average Bonchev–Trinajstić information content (AvgIpc) is 2.32. The molecule has 0 aromatic heterocycles. The Kier molecular flexibility index (Phi) is 2.13. The fraction of sp³-hybridized carbons (Fsp3) is 1.00. The highest BCUT2D eigenvalue weighted by molar-refractivity contribution is 4.96. The normalized spacial score (nSPS) is 49.6. The Balaban J connectivity index is 2.10. The van der Waals surface area contributed by atoms with Gasteiger partial charge in [-0.05, 0) is 32.6 Å². The van der Waals surface area contributed by atoms with E-state index in [4.69, 9.17) is 14.6 Å². The molecule has 0 spiro atoms. The monoisotopic (exact) mass is 186 g/mol. The van der Waals surface area contributed by atoms with Crippen LogP contribution in [0.5, 0.6) is 0 Å². The molecule has 0 aliphatic carbocycles. The van der Waals surface area contributed by atoms with Gasteiger partial charge in [0.1, 0.15) is 0 Å². The summed E-state index contributed by atoms with van der Waals surface area (Å²) in [5.41, 5.74) is -0.157. The molecule has 0 aromatic rings. The van der Waals surface area contributed by atoms with E-state index in [9.17, 15) is 0 Å². The first-order valence-electron chi connectivity index (χ1n) is 5.03. The van der Waals surface area contributed by atoms with E-state index in [1.165, 1.54) is 0 Å². The van der Waals surface area contributed by atoms with E-state index in [0.717, 1.165) is 19.3 Å². The Hall–Kier alpha value is -0.120. The van der Waals surface area contributed by atoms with Gasteiger partial charge in [0.2, 0.25) is 0 Å². The average molecular weight is 186 g/mol. The summed E-state index contributed by atoms with van der Waals surface area (Å²) in [4.78, 5) is 0. The van der Waals surface area contributed by atoms with Crippen LogP contribution in [0.1, 0.15) is 33.1 Å². The number of hydrogen-bond acceptors (Lipinski definition) is 3. The predicted molar refractivity (Wildman–Crippen MR) is 48.3 cm³/mol. The van der Waals surface area contributed by atoms with Crippen LogP contribution in [0.3, 0.4) is 0 Å². The van der Waals surface area contributed by atoms with Crippen molar-refractivity contribution in [3.05, 3.63) is 0 Å². The van der Waals surface area contributed by atoms with Crippen LogP contribution in [-0.4, -0.2) is 29.7 Å². The maximum Gasteiger partial charge on any atom is 0.166 e. The fourth-order valence-corrected chi connectivity index (χ4v) is 2.52. The first kappa shape index (κ1) is 9.44. The summed E-state index contributed by atoms with van der Waals surface area (Å²) in [5, 5.41) is 8.93. The second-order valence-electron chi connectivity index (χ2n) is 4.59. The summed E-state index contributed by atoms with van der Waals surface area (Å²) in [6.45, 7) is 5.03. The third-order valence-electron chi connectivity index (χ3n) is 3.40. The third kappa shape index (κ3) is 1.49. The summed E-state index contributed by atoms with van der Waals surface area (Å²) < 4.78 is 11.5. The number of hydrogen-bond donors (Lipinski definition) is 1. The Morgan fingerprint density at radius 1 is 1.46 bits per heavy atom. The molecule has 0 unspecified atom stereocenters. The standard InChI is InChI=1S/C10H18O3/c1-9-7-12-10(2,13-9)5-3-8(9)4-6-11/h8,11H,3-7H2,1-2H3/t8-,9+,10+/m0/s1. The summed E-state index contributed by atoms with van der Waals surface area (Å²) >= 11 is 0. The van der Waals surface area contributed by atoms with Gasteiger partial charge in [-0.1, -0.05) is 0 Å². The summed E-state index contributed by atoms with van der Waals surface area (Å²) in [6, 6.07) is 0. The van der Waals surface area contributed by atoms with Crippen molar-refractivity contribution in [3.63, 3.8) is 0 Å². The molecule has 0 radical (unpaired) electrons. The lowest BCUT2D eigenvalue weighted by Gasteiger charge is -2.39. The van der Waals surface area contributed by atoms with E-state index in [1.54, 1.807) is 0 Å². The molecule has 2 aliphatic heterocycles. The van der Waals surface area contributed by atoms with Crippen molar-refractivity contribution in [3.8, 4) is 0 Å². The maximum atomic E-state index is 8.93. The van der Waals surface area contributed by atoms with Crippen LogP contribution in [0.4, 0.5) is 0 Å². The SMILES string of the molecule is C[C@@]12CC[C@@H](CCO)[C@@](C)(CO1)O2. The number of rotatable bonds is 2. The van der Waals surface area contributed by atoms with E-state index in [0.29, 0.717) is 12.5 Å². The van der Waals surface area contributed by atoms with Gasteiger partial charge in [-0.2, -0.15) is 0 Å². The van der Waals surface area contributed by atoms with Gasteiger partial charge < -0.3 is 14.6 Å². The lowest BCUT2D eigenvalue weighted by molar-refractivity contribution is -0.212. The number of aliphatic hydroxyl groups is 1. The summed E-state index contributed by atoms with van der Waals surface area (Å²) in [5.74, 6) is 0.105. The van der Waals surface area contributed by atoms with E-state index < -0.39 is 0 Å². The lowest BCUT2D eigenvalue weighted by Crippen LogP contribution is -2.44. The Labute approximate surface area is 79.0 Å². The van der Waals surface area contributed by atoms with Gasteiger partial charge >= 0.3 is 0 Å². The van der Waals surface area contributed by atoms with E-state index in [-0.39, 0.29) is 18.0 Å². The van der Waals surface area contributed by atoms with Crippen molar-refractivity contribution in [2.24, 2.45) is 5.92 Å². The minimum Gasteiger partial charge on any atom is -0.396 e. The second kappa shape index (κ2) is 2.94. The molecule has 1 N–H and O–H groups in total. The molecule has 13 heavy (non-hydrogen) atoms. The largest absolute Gasteiger partial charge is 0.396 e. The zero-order valence-corrected chi connectivity index (χ0v) is 8.38. The molecule has 0 saturated carbocycles. The first-order valence-corrected chi connectivity index (χ1v) is 5.03. The van der Waals surface area contributed by atoms with E-state index in [1.807, 2.05) is 6.92 Å². The first-order chi connectivity index (χ1) is 6.08. The Morgan fingerprint density at radius 3 is 2.92 bits per heavy atom. The predicted octanol–water partition coefficient (Wildman–Crippen LogP) is 1.30. The maximum absolute atomic E-state index is 8.93. The van der Waals surface area contributed by atoms with Crippen LogP contribution in [-0.2, 0) is 9.47 Å². The van der Waals surface area contributed by atoms with Gasteiger partial charge in [-0.3, -0.25) is 0 Å². The smallest absolute Gasteiger partial charge is 0.166 e. The highest BCUT2D eigenvalue weighted by Gasteiger charge is 2.52. The summed E-state index contributed by atoms with van der Waals surface area (Å²) in [6.07, 6.45) is 2.89. The highest BCUT2D eigenvalue weighted by atomic mass is 16.8. The quantitative estimate of drug-likeness (QED) is 0.706. The van der Waals surface area contributed by atoms with Crippen molar-refractivity contribution >= 4 is 0 Å². The Morgan fingerprint density at radius 2 is 2.23 bits per heavy atom. The molecule has 2 heterocycles. The number of aliphatic hydroxyl groups excluding tert-OH is 1. The van der Waals surface area contributed by atoms with E-state index in [2.05, 4.69) is 6.92 Å². The van der Waals surface area contributed by atoms with Gasteiger partial charge in [0.15, 0.2) is 5.79 Å². The molecular formula is C10H18O3. The van der Waals surface area contributed by atoms with Gasteiger partial charge in [-0.25, -0.2) is 0 Å². The second-order valence-corrected chi connectivity index (χ2v) is 4.59.